The Balaban J connectivity index is 2.50. The van der Waals surface area contributed by atoms with Crippen molar-refractivity contribution in [1.29, 1.82) is 0 Å². The van der Waals surface area contributed by atoms with Gasteiger partial charge in [0.2, 0.25) is 0 Å². The van der Waals surface area contributed by atoms with Crippen molar-refractivity contribution in [3.63, 3.8) is 0 Å². The highest BCUT2D eigenvalue weighted by Gasteiger charge is 2.17. The lowest BCUT2D eigenvalue weighted by Crippen LogP contribution is -2.26. The Labute approximate surface area is 142 Å². The fraction of sp³-hybridized carbons (Fsp3) is 0.368. The number of carbonyl (C=O) groups is 1. The van der Waals surface area contributed by atoms with Crippen LogP contribution in [0, 0.1) is 13.8 Å². The maximum absolute atomic E-state index is 12.7. The molecule has 0 spiro atoms. The van der Waals surface area contributed by atoms with Gasteiger partial charge in [0.1, 0.15) is 5.56 Å². The smallest absolute Gasteiger partial charge is 0.261 e. The van der Waals surface area contributed by atoms with Crippen LogP contribution < -0.4 is 16.5 Å². The summed E-state index contributed by atoms with van der Waals surface area (Å²) in [4.78, 5) is 25.2. The third kappa shape index (κ3) is 3.20. The molecule has 0 aliphatic heterocycles. The van der Waals surface area contributed by atoms with Gasteiger partial charge in [0, 0.05) is 35.9 Å². The van der Waals surface area contributed by atoms with Gasteiger partial charge in [-0.2, -0.15) is 0 Å². The van der Waals surface area contributed by atoms with E-state index in [1.54, 1.807) is 17.7 Å². The van der Waals surface area contributed by atoms with Crippen molar-refractivity contribution < 1.29 is 4.79 Å². The summed E-state index contributed by atoms with van der Waals surface area (Å²) in [5, 5.41) is 2.93. The molecule has 0 aliphatic rings. The van der Waals surface area contributed by atoms with Crippen LogP contribution in [-0.2, 0) is 19.9 Å². The molecule has 128 valence electrons. The van der Waals surface area contributed by atoms with Crippen molar-refractivity contribution in [2.75, 3.05) is 11.1 Å². The molecule has 3 N–H and O–H groups in total. The van der Waals surface area contributed by atoms with Crippen molar-refractivity contribution in [2.45, 2.75) is 40.5 Å². The molecular formula is C19H25N3O2. The molecule has 24 heavy (non-hydrogen) atoms. The third-order valence-corrected chi connectivity index (χ3v) is 4.55. The molecule has 5 nitrogen and oxygen atoms in total. The van der Waals surface area contributed by atoms with E-state index in [0.717, 1.165) is 35.3 Å². The van der Waals surface area contributed by atoms with E-state index >= 15 is 0 Å². The number of aromatic nitrogens is 1. The van der Waals surface area contributed by atoms with Crippen LogP contribution >= 0.6 is 0 Å². The lowest BCUT2D eigenvalue weighted by atomic mass is 10.0. The van der Waals surface area contributed by atoms with E-state index in [1.165, 1.54) is 0 Å². The highest BCUT2D eigenvalue weighted by atomic mass is 16.2. The molecule has 0 atom stereocenters. The molecule has 0 aliphatic carbocycles. The Bertz CT molecular complexity index is 825. The van der Waals surface area contributed by atoms with Crippen molar-refractivity contribution in [2.24, 2.45) is 7.05 Å². The third-order valence-electron chi connectivity index (χ3n) is 4.55. The van der Waals surface area contributed by atoms with Crippen molar-refractivity contribution in [3.05, 3.63) is 56.5 Å². The first kappa shape index (κ1) is 17.8. The number of pyridine rings is 1. The van der Waals surface area contributed by atoms with E-state index in [2.05, 4.69) is 5.32 Å². The minimum Gasteiger partial charge on any atom is -0.399 e. The highest BCUT2D eigenvalue weighted by Crippen LogP contribution is 2.26. The van der Waals surface area contributed by atoms with Crippen LogP contribution in [-0.4, -0.2) is 10.5 Å². The number of nitrogens with two attached hydrogens (primary N) is 1. The number of benzene rings is 1. The van der Waals surface area contributed by atoms with E-state index < -0.39 is 0 Å². The molecule has 0 fully saturated rings. The van der Waals surface area contributed by atoms with E-state index in [-0.39, 0.29) is 16.9 Å². The molecule has 1 amide bonds. The van der Waals surface area contributed by atoms with Gasteiger partial charge in [0.15, 0.2) is 5.43 Å². The number of aryl methyl sites for hydroxylation is 3. The Morgan fingerprint density at radius 1 is 1.17 bits per heavy atom. The number of nitrogen functional groups attached to an aromatic ring is 1. The number of carbonyl (C=O) groups excluding carboxylic acids is 1. The first-order valence-electron chi connectivity index (χ1n) is 8.19. The molecule has 5 heteroatoms. The number of nitrogens with zero attached hydrogens (tertiary/aromatic N) is 1. The maximum Gasteiger partial charge on any atom is 0.261 e. The minimum absolute atomic E-state index is 0.154. The number of nitrogens with one attached hydrogen (secondary N) is 1. The quantitative estimate of drug-likeness (QED) is 0.848. The molecule has 1 aromatic heterocycles. The first-order chi connectivity index (χ1) is 11.3. The lowest BCUT2D eigenvalue weighted by Gasteiger charge is -2.16. The Morgan fingerprint density at radius 2 is 1.71 bits per heavy atom. The topological polar surface area (TPSA) is 77.1 Å². The van der Waals surface area contributed by atoms with Crippen LogP contribution in [0.15, 0.2) is 23.1 Å². The van der Waals surface area contributed by atoms with Gasteiger partial charge in [0.05, 0.1) is 0 Å². The lowest BCUT2D eigenvalue weighted by molar-refractivity contribution is 0.102. The van der Waals surface area contributed by atoms with E-state index in [1.807, 2.05) is 40.0 Å². The van der Waals surface area contributed by atoms with Crippen LogP contribution in [0.4, 0.5) is 11.4 Å². The predicted molar refractivity (Wildman–Crippen MR) is 98.7 cm³/mol. The Morgan fingerprint density at radius 3 is 2.21 bits per heavy atom. The summed E-state index contributed by atoms with van der Waals surface area (Å²) in [6.45, 7) is 7.63. The minimum atomic E-state index is -0.382. The second kappa shape index (κ2) is 6.91. The fourth-order valence-corrected chi connectivity index (χ4v) is 2.84. The zero-order chi connectivity index (χ0) is 18.0. The van der Waals surface area contributed by atoms with Gasteiger partial charge in [-0.05, 0) is 49.9 Å². The zero-order valence-corrected chi connectivity index (χ0v) is 15.0. The summed E-state index contributed by atoms with van der Waals surface area (Å²) in [6.07, 6.45) is 3.09. The number of amides is 1. The summed E-state index contributed by atoms with van der Waals surface area (Å²) >= 11 is 0. The van der Waals surface area contributed by atoms with Gasteiger partial charge >= 0.3 is 0 Å². The molecule has 1 heterocycles. The SMILES string of the molecule is CCc1cc(N)cc(CC)c1NC(=O)c1cn(C)c(C)c(C)c1=O. The first-order valence-corrected chi connectivity index (χ1v) is 8.19. The van der Waals surface area contributed by atoms with Crippen LogP contribution in [0.3, 0.4) is 0 Å². The van der Waals surface area contributed by atoms with Crippen LogP contribution in [0.1, 0.15) is 46.6 Å². The van der Waals surface area contributed by atoms with Gasteiger partial charge < -0.3 is 15.6 Å². The van der Waals surface area contributed by atoms with Gasteiger partial charge in [-0.15, -0.1) is 0 Å². The van der Waals surface area contributed by atoms with Crippen LogP contribution in [0.5, 0.6) is 0 Å². The molecule has 2 rings (SSSR count). The summed E-state index contributed by atoms with van der Waals surface area (Å²) in [7, 11) is 1.83. The monoisotopic (exact) mass is 327 g/mol. The molecule has 1 aromatic carbocycles. The number of hydrogen-bond acceptors (Lipinski definition) is 3. The summed E-state index contributed by atoms with van der Waals surface area (Å²) in [6, 6.07) is 3.74. The van der Waals surface area contributed by atoms with E-state index in [4.69, 9.17) is 5.73 Å². The Hall–Kier alpha value is -2.56. The number of anilines is 2. The molecule has 0 saturated heterocycles. The van der Waals surface area contributed by atoms with E-state index in [9.17, 15) is 9.59 Å². The van der Waals surface area contributed by atoms with Gasteiger partial charge in [-0.1, -0.05) is 13.8 Å². The predicted octanol–water partition coefficient (Wildman–Crippen LogP) is 2.96. The van der Waals surface area contributed by atoms with Crippen molar-refractivity contribution in [3.8, 4) is 0 Å². The Kier molecular flexibility index (Phi) is 5.12. The second-order valence-corrected chi connectivity index (χ2v) is 6.07. The van der Waals surface area contributed by atoms with Gasteiger partial charge in [-0.25, -0.2) is 0 Å². The number of rotatable bonds is 4. The average molecular weight is 327 g/mol. The largest absolute Gasteiger partial charge is 0.399 e. The summed E-state index contributed by atoms with van der Waals surface area (Å²) in [5.41, 5.74) is 10.7. The van der Waals surface area contributed by atoms with Crippen molar-refractivity contribution >= 4 is 17.3 Å². The molecular weight excluding hydrogens is 302 g/mol. The molecule has 2 aromatic rings. The average Bonchev–Trinajstić information content (AvgIpc) is 2.56. The van der Waals surface area contributed by atoms with Gasteiger partial charge in [0.25, 0.3) is 5.91 Å². The zero-order valence-electron chi connectivity index (χ0n) is 15.0. The van der Waals surface area contributed by atoms with E-state index in [0.29, 0.717) is 11.3 Å². The second-order valence-electron chi connectivity index (χ2n) is 6.07. The van der Waals surface area contributed by atoms with Gasteiger partial charge in [-0.3, -0.25) is 9.59 Å². The summed E-state index contributed by atoms with van der Waals surface area (Å²) in [5.74, 6) is -0.382. The molecule has 0 bridgehead atoms. The molecule has 0 radical (unpaired) electrons. The van der Waals surface area contributed by atoms with Crippen molar-refractivity contribution in [1.82, 2.24) is 4.57 Å². The highest BCUT2D eigenvalue weighted by molar-refractivity contribution is 6.05. The standard InChI is InChI=1S/C19H25N3O2/c1-6-13-8-15(20)9-14(7-2)17(13)21-19(24)16-10-22(5)12(4)11(3)18(16)23/h8-10H,6-7,20H2,1-5H3,(H,21,24). The fourth-order valence-electron chi connectivity index (χ4n) is 2.84. The van der Waals surface area contributed by atoms with Crippen LogP contribution in [0.25, 0.3) is 0 Å². The van der Waals surface area contributed by atoms with Crippen LogP contribution in [0.2, 0.25) is 0 Å². The normalized spacial score (nSPS) is 10.7. The summed E-state index contributed by atoms with van der Waals surface area (Å²) < 4.78 is 1.80. The maximum atomic E-state index is 12.7. The molecule has 0 saturated carbocycles. The molecule has 0 unspecified atom stereocenters. The number of hydrogen-bond donors (Lipinski definition) is 2.